The molecular weight excluding hydrogens is 386 g/mol. The summed E-state index contributed by atoms with van der Waals surface area (Å²) in [5, 5.41) is 0.0966. The van der Waals surface area contributed by atoms with Gasteiger partial charge in [0, 0.05) is 11.1 Å². The maximum Gasteiger partial charge on any atom is 0.293 e. The summed E-state index contributed by atoms with van der Waals surface area (Å²) < 4.78 is 10.6. The van der Waals surface area contributed by atoms with Crippen molar-refractivity contribution in [1.82, 2.24) is 4.90 Å². The number of ether oxygens (including phenoxy) is 2. The highest BCUT2D eigenvalue weighted by Crippen LogP contribution is 2.39. The van der Waals surface area contributed by atoms with Crippen molar-refractivity contribution in [3.05, 3.63) is 75.7 Å². The first-order chi connectivity index (χ1) is 13.1. The molecule has 136 valence electrons. The third kappa shape index (κ3) is 3.72. The first-order valence-electron chi connectivity index (χ1n) is 8.17. The fourth-order valence-corrected chi connectivity index (χ4v) is 3.72. The largest absolute Gasteiger partial charge is 0.454 e. The van der Waals surface area contributed by atoms with E-state index in [4.69, 9.17) is 21.1 Å². The fourth-order valence-electron chi connectivity index (χ4n) is 2.71. The van der Waals surface area contributed by atoms with Crippen molar-refractivity contribution in [2.75, 3.05) is 6.79 Å². The zero-order valence-electron chi connectivity index (χ0n) is 14.1. The summed E-state index contributed by atoms with van der Waals surface area (Å²) in [7, 11) is 0. The quantitative estimate of drug-likeness (QED) is 0.687. The van der Waals surface area contributed by atoms with Gasteiger partial charge in [-0.15, -0.1) is 0 Å². The van der Waals surface area contributed by atoms with Crippen LogP contribution in [0.4, 0.5) is 4.79 Å². The van der Waals surface area contributed by atoms with Crippen LogP contribution in [0.1, 0.15) is 11.1 Å². The molecule has 0 aromatic heterocycles. The van der Waals surface area contributed by atoms with Gasteiger partial charge >= 0.3 is 0 Å². The Hall–Kier alpha value is -2.70. The lowest BCUT2D eigenvalue weighted by atomic mass is 10.2. The number of carbonyl (C=O) groups excluding carboxylic acids is 2. The zero-order valence-corrected chi connectivity index (χ0v) is 15.6. The number of allylic oxidation sites excluding steroid dienone is 2. The van der Waals surface area contributed by atoms with Gasteiger partial charge in [0.2, 0.25) is 6.79 Å². The lowest BCUT2D eigenvalue weighted by molar-refractivity contribution is -0.123. The van der Waals surface area contributed by atoms with E-state index in [1.807, 2.05) is 36.4 Å². The highest BCUT2D eigenvalue weighted by Gasteiger charge is 2.35. The van der Waals surface area contributed by atoms with E-state index in [-0.39, 0.29) is 24.5 Å². The SMILES string of the molecule is O=C1S/C(=C\C=C\c2ccccc2)C(=O)N1Cc1cc2c(cc1Cl)OCO2. The highest BCUT2D eigenvalue weighted by molar-refractivity contribution is 8.18. The van der Waals surface area contributed by atoms with E-state index in [0.29, 0.717) is 27.0 Å². The Morgan fingerprint density at radius 1 is 1.11 bits per heavy atom. The summed E-state index contributed by atoms with van der Waals surface area (Å²) >= 11 is 7.17. The number of carbonyl (C=O) groups is 2. The monoisotopic (exact) mass is 399 g/mol. The molecule has 0 aliphatic carbocycles. The third-order valence-electron chi connectivity index (χ3n) is 4.08. The van der Waals surface area contributed by atoms with Crippen LogP contribution in [0.3, 0.4) is 0 Å². The summed E-state index contributed by atoms with van der Waals surface area (Å²) in [6.07, 6.45) is 5.29. The van der Waals surface area contributed by atoms with Crippen LogP contribution in [0.2, 0.25) is 5.02 Å². The average molecular weight is 400 g/mol. The molecule has 0 spiro atoms. The molecule has 1 saturated heterocycles. The molecule has 4 rings (SSSR count). The molecule has 5 nitrogen and oxygen atoms in total. The van der Waals surface area contributed by atoms with Crippen molar-refractivity contribution >= 4 is 40.6 Å². The zero-order chi connectivity index (χ0) is 18.8. The minimum Gasteiger partial charge on any atom is -0.454 e. The van der Waals surface area contributed by atoms with Gasteiger partial charge in [-0.2, -0.15) is 0 Å². The molecular formula is C20H14ClNO4S. The minimum absolute atomic E-state index is 0.0832. The van der Waals surface area contributed by atoms with E-state index in [1.165, 1.54) is 4.90 Å². The van der Waals surface area contributed by atoms with Crippen LogP contribution in [0.15, 0.2) is 59.5 Å². The van der Waals surface area contributed by atoms with Gasteiger partial charge < -0.3 is 9.47 Å². The van der Waals surface area contributed by atoms with E-state index in [9.17, 15) is 9.59 Å². The predicted molar refractivity (Wildman–Crippen MR) is 105 cm³/mol. The lowest BCUT2D eigenvalue weighted by Gasteiger charge is -2.14. The number of halogens is 1. The molecule has 2 heterocycles. The average Bonchev–Trinajstić information content (AvgIpc) is 3.22. The molecule has 2 aliphatic rings. The molecule has 2 aromatic carbocycles. The molecule has 0 atom stereocenters. The molecule has 0 radical (unpaired) electrons. The van der Waals surface area contributed by atoms with Crippen LogP contribution in [-0.2, 0) is 11.3 Å². The Morgan fingerprint density at radius 2 is 1.85 bits per heavy atom. The Morgan fingerprint density at radius 3 is 2.63 bits per heavy atom. The van der Waals surface area contributed by atoms with E-state index in [1.54, 1.807) is 24.3 Å². The number of thioether (sulfide) groups is 1. The molecule has 0 saturated carbocycles. The Balaban J connectivity index is 1.50. The minimum atomic E-state index is -0.337. The maximum absolute atomic E-state index is 12.6. The van der Waals surface area contributed by atoms with Gasteiger partial charge in [0.25, 0.3) is 11.1 Å². The van der Waals surface area contributed by atoms with Gasteiger partial charge in [-0.1, -0.05) is 54.1 Å². The van der Waals surface area contributed by atoms with Gasteiger partial charge in [0.15, 0.2) is 11.5 Å². The number of imide groups is 1. The Kier molecular flexibility index (Phi) is 4.92. The van der Waals surface area contributed by atoms with Gasteiger partial charge in [-0.05, 0) is 35.0 Å². The summed E-state index contributed by atoms with van der Waals surface area (Å²) in [5.74, 6) is 0.781. The second kappa shape index (κ2) is 7.50. The first-order valence-corrected chi connectivity index (χ1v) is 9.36. The molecule has 0 unspecified atom stereocenters. The highest BCUT2D eigenvalue weighted by atomic mass is 35.5. The van der Waals surface area contributed by atoms with Crippen molar-refractivity contribution in [3.8, 4) is 11.5 Å². The van der Waals surface area contributed by atoms with Crippen molar-refractivity contribution in [2.45, 2.75) is 6.54 Å². The van der Waals surface area contributed by atoms with Crippen LogP contribution in [0, 0.1) is 0 Å². The molecule has 7 heteroatoms. The van der Waals surface area contributed by atoms with Crippen LogP contribution in [-0.4, -0.2) is 22.8 Å². The van der Waals surface area contributed by atoms with E-state index < -0.39 is 0 Å². The van der Waals surface area contributed by atoms with Gasteiger partial charge in [0.05, 0.1) is 11.4 Å². The number of fused-ring (bicyclic) bond motifs is 1. The topological polar surface area (TPSA) is 55.8 Å². The molecule has 1 fully saturated rings. The van der Waals surface area contributed by atoms with Crippen LogP contribution in [0.25, 0.3) is 6.08 Å². The van der Waals surface area contributed by atoms with Crippen molar-refractivity contribution in [3.63, 3.8) is 0 Å². The van der Waals surface area contributed by atoms with Crippen LogP contribution in [0.5, 0.6) is 11.5 Å². The summed E-state index contributed by atoms with van der Waals surface area (Å²) in [6.45, 7) is 0.215. The standard InChI is InChI=1S/C20H14ClNO4S/c21-15-10-17-16(25-12-26-17)9-14(15)11-22-19(23)18(27-20(22)24)8-4-7-13-5-2-1-3-6-13/h1-10H,11-12H2/b7-4+,18-8-. The second-order valence-corrected chi connectivity index (χ2v) is 7.26. The van der Waals surface area contributed by atoms with Crippen LogP contribution >= 0.6 is 23.4 Å². The van der Waals surface area contributed by atoms with E-state index >= 15 is 0 Å². The predicted octanol–water partition coefficient (Wildman–Crippen LogP) is 4.86. The fraction of sp³-hybridized carbons (Fsp3) is 0.100. The number of benzene rings is 2. The molecule has 2 amide bonds. The number of amides is 2. The smallest absolute Gasteiger partial charge is 0.293 e. The normalized spacial score (nSPS) is 17.5. The number of nitrogens with zero attached hydrogens (tertiary/aromatic N) is 1. The molecule has 0 bridgehead atoms. The summed E-state index contributed by atoms with van der Waals surface area (Å²) in [5.41, 5.74) is 1.64. The number of hydrogen-bond acceptors (Lipinski definition) is 5. The van der Waals surface area contributed by atoms with Gasteiger partial charge in [-0.25, -0.2) is 0 Å². The molecule has 27 heavy (non-hydrogen) atoms. The van der Waals surface area contributed by atoms with Crippen LogP contribution < -0.4 is 9.47 Å². The van der Waals surface area contributed by atoms with E-state index in [0.717, 1.165) is 17.3 Å². The lowest BCUT2D eigenvalue weighted by Crippen LogP contribution is -2.27. The Labute approximate surface area is 165 Å². The Bertz CT molecular complexity index is 971. The second-order valence-electron chi connectivity index (χ2n) is 5.86. The maximum atomic E-state index is 12.6. The third-order valence-corrected chi connectivity index (χ3v) is 5.36. The molecule has 2 aliphatic heterocycles. The van der Waals surface area contributed by atoms with E-state index in [2.05, 4.69) is 0 Å². The van der Waals surface area contributed by atoms with Gasteiger partial charge in [-0.3, -0.25) is 14.5 Å². The molecule has 0 N–H and O–H groups in total. The van der Waals surface area contributed by atoms with Crippen molar-refractivity contribution < 1.29 is 19.1 Å². The number of hydrogen-bond donors (Lipinski definition) is 0. The first kappa shape index (κ1) is 17.7. The van der Waals surface area contributed by atoms with Crippen molar-refractivity contribution in [1.29, 1.82) is 0 Å². The summed E-state index contributed by atoms with van der Waals surface area (Å²) in [4.78, 5) is 26.4. The van der Waals surface area contributed by atoms with Crippen molar-refractivity contribution in [2.24, 2.45) is 0 Å². The molecule has 2 aromatic rings. The number of rotatable bonds is 4. The summed E-state index contributed by atoms with van der Waals surface area (Å²) in [6, 6.07) is 13.0. The van der Waals surface area contributed by atoms with Gasteiger partial charge in [0.1, 0.15) is 0 Å².